The Morgan fingerprint density at radius 2 is 1.74 bits per heavy atom. The Morgan fingerprint density at radius 1 is 1.03 bits per heavy atom. The molecule has 31 heavy (non-hydrogen) atoms. The van der Waals surface area contributed by atoms with Crippen LogP contribution in [-0.4, -0.2) is 25.9 Å². The van der Waals surface area contributed by atoms with E-state index in [4.69, 9.17) is 0 Å². The van der Waals surface area contributed by atoms with E-state index in [0.717, 1.165) is 20.6 Å². The van der Waals surface area contributed by atoms with E-state index < -0.39 is 15.9 Å². The van der Waals surface area contributed by atoms with Crippen LogP contribution in [0.4, 0.5) is 5.13 Å². The first-order valence-corrected chi connectivity index (χ1v) is 12.0. The number of anilines is 1. The van der Waals surface area contributed by atoms with Crippen LogP contribution in [0.3, 0.4) is 0 Å². The van der Waals surface area contributed by atoms with Gasteiger partial charge in [0.05, 0.1) is 10.9 Å². The fourth-order valence-corrected chi connectivity index (χ4v) is 5.70. The summed E-state index contributed by atoms with van der Waals surface area (Å²) in [6.45, 7) is 1.53. The molecular formula is C23H21N3O3S2. The van der Waals surface area contributed by atoms with Crippen LogP contribution in [0, 0.1) is 0 Å². The van der Waals surface area contributed by atoms with Crippen molar-refractivity contribution < 1.29 is 13.2 Å². The predicted octanol–water partition coefficient (Wildman–Crippen LogP) is 4.37. The third-order valence-corrected chi connectivity index (χ3v) is 7.58. The monoisotopic (exact) mass is 451 g/mol. The molecule has 1 atom stereocenters. The highest BCUT2D eigenvalue weighted by Crippen LogP contribution is 2.26. The van der Waals surface area contributed by atoms with Crippen molar-refractivity contribution in [2.75, 3.05) is 10.8 Å². The second-order valence-corrected chi connectivity index (χ2v) is 9.73. The number of benzene rings is 3. The number of hydrogen-bond acceptors (Lipinski definition) is 5. The fourth-order valence-electron chi connectivity index (χ4n) is 3.44. The SMILES string of the molecule is C[C@H](NC(=O)CN(c1nccs1)S(=O)(=O)c1ccccc1)c1cccc2ccccc12. The molecular weight excluding hydrogens is 430 g/mol. The lowest BCUT2D eigenvalue weighted by Gasteiger charge is -2.23. The number of thiazole rings is 1. The van der Waals surface area contributed by atoms with Crippen molar-refractivity contribution in [1.29, 1.82) is 0 Å². The second kappa shape index (κ2) is 8.87. The maximum absolute atomic E-state index is 13.2. The highest BCUT2D eigenvalue weighted by Gasteiger charge is 2.29. The minimum atomic E-state index is -3.93. The van der Waals surface area contributed by atoms with Crippen molar-refractivity contribution in [3.05, 3.63) is 89.9 Å². The largest absolute Gasteiger partial charge is 0.348 e. The second-order valence-electron chi connectivity index (χ2n) is 7.00. The average Bonchev–Trinajstić information content (AvgIpc) is 3.32. The Kier molecular flexibility index (Phi) is 6.01. The van der Waals surface area contributed by atoms with Crippen molar-refractivity contribution in [1.82, 2.24) is 10.3 Å². The van der Waals surface area contributed by atoms with Crippen LogP contribution < -0.4 is 9.62 Å². The summed E-state index contributed by atoms with van der Waals surface area (Å²) in [5.41, 5.74) is 0.971. The van der Waals surface area contributed by atoms with E-state index in [1.54, 1.807) is 23.6 Å². The number of nitrogens with one attached hydrogen (secondary N) is 1. The molecule has 158 valence electrons. The first kappa shape index (κ1) is 21.0. The van der Waals surface area contributed by atoms with Crippen LogP contribution in [0.2, 0.25) is 0 Å². The molecule has 1 amide bonds. The molecule has 0 spiro atoms. The van der Waals surface area contributed by atoms with Crippen molar-refractivity contribution in [2.45, 2.75) is 17.9 Å². The predicted molar refractivity (Wildman–Crippen MR) is 124 cm³/mol. The summed E-state index contributed by atoms with van der Waals surface area (Å²) in [5.74, 6) is -0.407. The third-order valence-electron chi connectivity index (χ3n) is 4.92. The summed E-state index contributed by atoms with van der Waals surface area (Å²) in [7, 11) is -3.93. The van der Waals surface area contributed by atoms with Gasteiger partial charge in [0.1, 0.15) is 6.54 Å². The van der Waals surface area contributed by atoms with Gasteiger partial charge >= 0.3 is 0 Å². The van der Waals surface area contributed by atoms with Gasteiger partial charge in [0.25, 0.3) is 10.0 Å². The van der Waals surface area contributed by atoms with Gasteiger partial charge in [-0.05, 0) is 35.4 Å². The summed E-state index contributed by atoms with van der Waals surface area (Å²) < 4.78 is 27.5. The van der Waals surface area contributed by atoms with Gasteiger partial charge in [-0.15, -0.1) is 11.3 Å². The molecule has 6 nitrogen and oxygen atoms in total. The lowest BCUT2D eigenvalue weighted by molar-refractivity contribution is -0.120. The minimum Gasteiger partial charge on any atom is -0.348 e. The Balaban J connectivity index is 1.58. The lowest BCUT2D eigenvalue weighted by Crippen LogP contribution is -2.41. The minimum absolute atomic E-state index is 0.111. The number of rotatable bonds is 7. The molecule has 4 aromatic rings. The molecule has 1 aromatic heterocycles. The van der Waals surface area contributed by atoms with Crippen LogP contribution in [0.5, 0.6) is 0 Å². The number of nitrogens with zero attached hydrogens (tertiary/aromatic N) is 2. The summed E-state index contributed by atoms with van der Waals surface area (Å²) >= 11 is 1.17. The molecule has 3 aromatic carbocycles. The molecule has 1 N–H and O–H groups in total. The molecule has 4 rings (SSSR count). The van der Waals surface area contributed by atoms with Crippen LogP contribution >= 0.6 is 11.3 Å². The Morgan fingerprint density at radius 3 is 2.48 bits per heavy atom. The standard InChI is InChI=1S/C23H21N3O3S2/c1-17(20-13-7-9-18-8-5-6-12-21(18)20)25-22(27)16-26(23-24-14-15-30-23)31(28,29)19-10-3-2-4-11-19/h2-15,17H,16H2,1H3,(H,25,27)/t17-/m0/s1. The van der Waals surface area contributed by atoms with E-state index in [9.17, 15) is 13.2 Å². The maximum Gasteiger partial charge on any atom is 0.266 e. The molecule has 0 fully saturated rings. The molecule has 0 saturated carbocycles. The number of sulfonamides is 1. The summed E-state index contributed by atoms with van der Waals surface area (Å²) in [4.78, 5) is 17.1. The van der Waals surface area contributed by atoms with Crippen molar-refractivity contribution in [2.24, 2.45) is 0 Å². The van der Waals surface area contributed by atoms with E-state index in [0.29, 0.717) is 0 Å². The van der Waals surface area contributed by atoms with Crippen molar-refractivity contribution in [3.8, 4) is 0 Å². The smallest absolute Gasteiger partial charge is 0.266 e. The quantitative estimate of drug-likeness (QED) is 0.453. The zero-order valence-corrected chi connectivity index (χ0v) is 18.4. The van der Waals surface area contributed by atoms with E-state index in [1.165, 1.54) is 29.7 Å². The van der Waals surface area contributed by atoms with Crippen molar-refractivity contribution in [3.63, 3.8) is 0 Å². The van der Waals surface area contributed by atoms with Gasteiger partial charge in [-0.2, -0.15) is 0 Å². The Labute approximate surface area is 185 Å². The van der Waals surface area contributed by atoms with Crippen LogP contribution in [0.15, 0.2) is 89.3 Å². The van der Waals surface area contributed by atoms with Gasteiger partial charge in [-0.1, -0.05) is 60.7 Å². The van der Waals surface area contributed by atoms with Crippen LogP contribution in [0.1, 0.15) is 18.5 Å². The molecule has 0 radical (unpaired) electrons. The van der Waals surface area contributed by atoms with Gasteiger partial charge in [-0.25, -0.2) is 17.7 Å². The summed E-state index contributed by atoms with van der Waals surface area (Å²) in [6.07, 6.45) is 1.52. The van der Waals surface area contributed by atoms with Crippen molar-refractivity contribution >= 4 is 43.2 Å². The zero-order valence-electron chi connectivity index (χ0n) is 16.8. The van der Waals surface area contributed by atoms with Gasteiger partial charge in [0.15, 0.2) is 5.13 Å². The first-order valence-electron chi connectivity index (χ1n) is 9.71. The molecule has 0 aliphatic heterocycles. The third kappa shape index (κ3) is 4.45. The van der Waals surface area contributed by atoms with Gasteiger partial charge < -0.3 is 5.32 Å². The van der Waals surface area contributed by atoms with Gasteiger partial charge in [0.2, 0.25) is 5.91 Å². The van der Waals surface area contributed by atoms with Crippen LogP contribution in [0.25, 0.3) is 10.8 Å². The van der Waals surface area contributed by atoms with Crippen LogP contribution in [-0.2, 0) is 14.8 Å². The summed E-state index contributed by atoms with van der Waals surface area (Å²) in [5, 5.41) is 6.99. The van der Waals surface area contributed by atoms with E-state index in [2.05, 4.69) is 10.3 Å². The maximum atomic E-state index is 13.2. The molecule has 0 saturated heterocycles. The van der Waals surface area contributed by atoms with E-state index in [1.807, 2.05) is 49.4 Å². The molecule has 0 aliphatic rings. The number of aromatic nitrogens is 1. The Bertz CT molecular complexity index is 1280. The van der Waals surface area contributed by atoms with Gasteiger partial charge in [-0.3, -0.25) is 4.79 Å². The molecule has 0 aliphatic carbocycles. The topological polar surface area (TPSA) is 79.4 Å². The van der Waals surface area contributed by atoms with E-state index in [-0.39, 0.29) is 22.6 Å². The molecule has 8 heteroatoms. The van der Waals surface area contributed by atoms with E-state index >= 15 is 0 Å². The number of hydrogen-bond donors (Lipinski definition) is 1. The number of carbonyl (C=O) groups excluding carboxylic acids is 1. The van der Waals surface area contributed by atoms with Gasteiger partial charge in [0, 0.05) is 11.6 Å². The summed E-state index contributed by atoms with van der Waals surface area (Å²) in [6, 6.07) is 21.6. The average molecular weight is 452 g/mol. The lowest BCUT2D eigenvalue weighted by atomic mass is 10.00. The zero-order chi connectivity index (χ0) is 21.8. The number of carbonyl (C=O) groups is 1. The highest BCUT2D eigenvalue weighted by molar-refractivity contribution is 7.93. The fraction of sp³-hybridized carbons (Fsp3) is 0.130. The molecule has 0 unspecified atom stereocenters. The molecule has 0 bridgehead atoms. The highest BCUT2D eigenvalue weighted by atomic mass is 32.2. The number of amides is 1. The number of fused-ring (bicyclic) bond motifs is 1. The molecule has 1 heterocycles. The first-order chi connectivity index (χ1) is 15.0. The Hall–Kier alpha value is -3.23. The normalized spacial score (nSPS) is 12.4.